The number of ketones is 1. The van der Waals surface area contributed by atoms with Crippen molar-refractivity contribution in [1.29, 1.82) is 0 Å². The highest BCUT2D eigenvalue weighted by Gasteiger charge is 2.21. The third kappa shape index (κ3) is 2.60. The van der Waals surface area contributed by atoms with E-state index in [0.717, 1.165) is 12.2 Å². The summed E-state index contributed by atoms with van der Waals surface area (Å²) in [5, 5.41) is 0. The van der Waals surface area contributed by atoms with Crippen LogP contribution in [0.2, 0.25) is 0 Å². The predicted octanol–water partition coefficient (Wildman–Crippen LogP) is 2.88. The van der Waals surface area contributed by atoms with E-state index in [1.807, 2.05) is 24.3 Å². The third-order valence-corrected chi connectivity index (χ3v) is 3.11. The van der Waals surface area contributed by atoms with Crippen LogP contribution in [-0.4, -0.2) is 19.0 Å². The van der Waals surface area contributed by atoms with E-state index >= 15 is 0 Å². The molecule has 1 aliphatic heterocycles. The van der Waals surface area contributed by atoms with Crippen LogP contribution in [0, 0.1) is 0 Å². The second kappa shape index (κ2) is 5.14. The Labute approximate surface area is 111 Å². The fraction of sp³-hybridized carbons (Fsp3) is 0.188. The molecule has 2 aromatic rings. The molecule has 2 aromatic carbocycles. The van der Waals surface area contributed by atoms with Crippen LogP contribution >= 0.6 is 0 Å². The smallest absolute Gasteiger partial charge is 0.203 e. The molecule has 0 atom stereocenters. The number of hydrogen-bond donors (Lipinski definition) is 0. The molecule has 0 aliphatic carbocycles. The average Bonchev–Trinajstić information content (AvgIpc) is 2.81. The number of Topliss-reactive ketones (excluding diaryl/α,β-unsaturated/α-hetero) is 1. The Morgan fingerprint density at radius 3 is 2.79 bits per heavy atom. The molecule has 0 saturated carbocycles. The van der Waals surface area contributed by atoms with Crippen molar-refractivity contribution in [1.82, 2.24) is 0 Å². The first kappa shape index (κ1) is 11.8. The maximum Gasteiger partial charge on any atom is 0.203 e. The summed E-state index contributed by atoms with van der Waals surface area (Å²) in [5.74, 6) is 1.40. The van der Waals surface area contributed by atoms with Crippen LogP contribution in [-0.2, 0) is 6.42 Å². The molecule has 0 fully saturated rings. The minimum absolute atomic E-state index is 0.0332. The fourth-order valence-corrected chi connectivity index (χ4v) is 2.09. The monoisotopic (exact) mass is 254 g/mol. The lowest BCUT2D eigenvalue weighted by atomic mass is 10.1. The summed E-state index contributed by atoms with van der Waals surface area (Å²) in [4.78, 5) is 11.4. The van der Waals surface area contributed by atoms with Gasteiger partial charge in [-0.05, 0) is 17.7 Å². The summed E-state index contributed by atoms with van der Waals surface area (Å²) < 4.78 is 11.0. The van der Waals surface area contributed by atoms with Gasteiger partial charge in [0.25, 0.3) is 0 Å². The first-order chi connectivity index (χ1) is 9.33. The van der Waals surface area contributed by atoms with Gasteiger partial charge in [-0.1, -0.05) is 30.3 Å². The van der Waals surface area contributed by atoms with Crippen LogP contribution < -0.4 is 9.47 Å². The maximum atomic E-state index is 11.4. The van der Waals surface area contributed by atoms with Gasteiger partial charge in [-0.25, -0.2) is 0 Å². The first-order valence-electron chi connectivity index (χ1n) is 6.30. The van der Waals surface area contributed by atoms with Crippen LogP contribution in [0.15, 0.2) is 48.5 Å². The van der Waals surface area contributed by atoms with E-state index in [-0.39, 0.29) is 12.4 Å². The lowest BCUT2D eigenvalue weighted by Gasteiger charge is -2.07. The van der Waals surface area contributed by atoms with Crippen molar-refractivity contribution < 1.29 is 14.3 Å². The molecular weight excluding hydrogens is 240 g/mol. The number of carbonyl (C=O) groups is 1. The molecule has 96 valence electrons. The molecule has 0 spiro atoms. The van der Waals surface area contributed by atoms with Crippen LogP contribution in [0.4, 0.5) is 0 Å². The molecule has 3 rings (SSSR count). The summed E-state index contributed by atoms with van der Waals surface area (Å²) in [5.41, 5.74) is 1.89. The second-order valence-electron chi connectivity index (χ2n) is 4.45. The topological polar surface area (TPSA) is 35.5 Å². The summed E-state index contributed by atoms with van der Waals surface area (Å²) in [6.45, 7) is 0.750. The molecule has 3 nitrogen and oxygen atoms in total. The summed E-state index contributed by atoms with van der Waals surface area (Å²) in [6, 6.07) is 15.6. The Bertz CT molecular complexity index is 590. The third-order valence-electron chi connectivity index (χ3n) is 3.11. The molecule has 0 aromatic heterocycles. The zero-order valence-electron chi connectivity index (χ0n) is 10.5. The van der Waals surface area contributed by atoms with Crippen molar-refractivity contribution in [2.45, 2.75) is 6.42 Å². The number of ether oxygens (including phenoxy) is 2. The summed E-state index contributed by atoms with van der Waals surface area (Å²) >= 11 is 0. The number of hydrogen-bond acceptors (Lipinski definition) is 3. The molecule has 0 saturated heterocycles. The van der Waals surface area contributed by atoms with Gasteiger partial charge in [0.2, 0.25) is 5.78 Å². The lowest BCUT2D eigenvalue weighted by Crippen LogP contribution is -2.01. The molecule has 0 radical (unpaired) electrons. The maximum absolute atomic E-state index is 11.4. The molecule has 3 heteroatoms. The van der Waals surface area contributed by atoms with Gasteiger partial charge in [0, 0.05) is 12.5 Å². The predicted molar refractivity (Wildman–Crippen MR) is 71.9 cm³/mol. The normalized spacial score (nSPS) is 12.9. The average molecular weight is 254 g/mol. The molecule has 19 heavy (non-hydrogen) atoms. The standard InChI is InChI=1S/C16H14O3/c17-15-11-19-16-10-13(6-7-14(15)16)18-9-8-12-4-2-1-3-5-12/h1-7,10H,8-9,11H2. The minimum Gasteiger partial charge on any atom is -0.493 e. The van der Waals surface area contributed by atoms with Crippen molar-refractivity contribution in [2.75, 3.05) is 13.2 Å². The van der Waals surface area contributed by atoms with Crippen molar-refractivity contribution in [2.24, 2.45) is 0 Å². The Morgan fingerprint density at radius 2 is 1.95 bits per heavy atom. The van der Waals surface area contributed by atoms with Gasteiger partial charge in [-0.2, -0.15) is 0 Å². The summed E-state index contributed by atoms with van der Waals surface area (Å²) in [7, 11) is 0. The number of carbonyl (C=O) groups excluding carboxylic acids is 1. The van der Waals surface area contributed by atoms with E-state index in [2.05, 4.69) is 12.1 Å². The molecule has 0 N–H and O–H groups in total. The van der Waals surface area contributed by atoms with Crippen LogP contribution in [0.3, 0.4) is 0 Å². The lowest BCUT2D eigenvalue weighted by molar-refractivity contribution is 0.0961. The van der Waals surface area contributed by atoms with Gasteiger partial charge in [-0.15, -0.1) is 0 Å². The first-order valence-corrected chi connectivity index (χ1v) is 6.30. The Balaban J connectivity index is 1.61. The molecule has 0 bridgehead atoms. The van der Waals surface area contributed by atoms with Crippen LogP contribution in [0.5, 0.6) is 11.5 Å². The molecule has 1 aliphatic rings. The minimum atomic E-state index is 0.0332. The quantitative estimate of drug-likeness (QED) is 0.841. The Kier molecular flexibility index (Phi) is 3.19. The number of rotatable bonds is 4. The fourth-order valence-electron chi connectivity index (χ4n) is 2.09. The number of fused-ring (bicyclic) bond motifs is 1. The zero-order valence-corrected chi connectivity index (χ0v) is 10.5. The van der Waals surface area contributed by atoms with Gasteiger partial charge >= 0.3 is 0 Å². The van der Waals surface area contributed by atoms with E-state index in [4.69, 9.17) is 9.47 Å². The molecular formula is C16H14O3. The van der Waals surface area contributed by atoms with Crippen LogP contribution in [0.1, 0.15) is 15.9 Å². The van der Waals surface area contributed by atoms with Crippen molar-refractivity contribution in [3.63, 3.8) is 0 Å². The highest BCUT2D eigenvalue weighted by atomic mass is 16.5. The second-order valence-corrected chi connectivity index (χ2v) is 4.45. The Morgan fingerprint density at radius 1 is 1.11 bits per heavy atom. The largest absolute Gasteiger partial charge is 0.493 e. The van der Waals surface area contributed by atoms with Gasteiger partial charge in [0.1, 0.15) is 11.5 Å². The van der Waals surface area contributed by atoms with Crippen molar-refractivity contribution in [3.05, 3.63) is 59.7 Å². The van der Waals surface area contributed by atoms with E-state index in [1.54, 1.807) is 12.1 Å². The van der Waals surface area contributed by atoms with Gasteiger partial charge < -0.3 is 9.47 Å². The van der Waals surface area contributed by atoms with Gasteiger partial charge in [0.15, 0.2) is 6.61 Å². The Hall–Kier alpha value is -2.29. The number of benzene rings is 2. The highest BCUT2D eigenvalue weighted by Crippen LogP contribution is 2.29. The van der Waals surface area contributed by atoms with E-state index < -0.39 is 0 Å². The van der Waals surface area contributed by atoms with E-state index in [0.29, 0.717) is 17.9 Å². The summed E-state index contributed by atoms with van der Waals surface area (Å²) in [6.07, 6.45) is 0.859. The van der Waals surface area contributed by atoms with Crippen molar-refractivity contribution >= 4 is 5.78 Å². The van der Waals surface area contributed by atoms with E-state index in [9.17, 15) is 4.79 Å². The molecule has 0 unspecified atom stereocenters. The van der Waals surface area contributed by atoms with Gasteiger partial charge in [0.05, 0.1) is 12.2 Å². The zero-order chi connectivity index (χ0) is 13.1. The van der Waals surface area contributed by atoms with Crippen molar-refractivity contribution in [3.8, 4) is 11.5 Å². The highest BCUT2D eigenvalue weighted by molar-refractivity contribution is 6.02. The van der Waals surface area contributed by atoms with Gasteiger partial charge in [-0.3, -0.25) is 4.79 Å². The SMILES string of the molecule is O=C1COc2cc(OCCc3ccccc3)ccc21. The molecule has 0 amide bonds. The van der Waals surface area contributed by atoms with E-state index in [1.165, 1.54) is 5.56 Å². The molecule has 1 heterocycles. The van der Waals surface area contributed by atoms with Crippen LogP contribution in [0.25, 0.3) is 0 Å².